The Labute approximate surface area is 112 Å². The fourth-order valence-electron chi connectivity index (χ4n) is 1.90. The van der Waals surface area contributed by atoms with Crippen LogP contribution in [0.3, 0.4) is 0 Å². The van der Waals surface area contributed by atoms with Gasteiger partial charge in [-0.25, -0.2) is 0 Å². The summed E-state index contributed by atoms with van der Waals surface area (Å²) in [6.45, 7) is 6.21. The molecule has 1 heterocycles. The third-order valence-corrected chi connectivity index (χ3v) is 3.91. The molecule has 1 aromatic carbocycles. The molecule has 0 aliphatic carbocycles. The normalized spacial score (nSPS) is 10.7. The summed E-state index contributed by atoms with van der Waals surface area (Å²) in [5, 5.41) is 4.95. The molecular formula is C15H17NOS. The minimum Gasteiger partial charge on any atom is -0.321 e. The molecule has 0 radical (unpaired) electrons. The third kappa shape index (κ3) is 2.62. The van der Waals surface area contributed by atoms with Crippen molar-refractivity contribution >= 4 is 22.9 Å². The summed E-state index contributed by atoms with van der Waals surface area (Å²) in [6, 6.07) is 9.93. The van der Waals surface area contributed by atoms with Crippen LogP contribution in [0.25, 0.3) is 0 Å². The van der Waals surface area contributed by atoms with Crippen LogP contribution in [0, 0.1) is 6.92 Å². The van der Waals surface area contributed by atoms with Crippen LogP contribution in [0.1, 0.15) is 40.6 Å². The molecule has 94 valence electrons. The second-order valence-corrected chi connectivity index (χ2v) is 5.54. The van der Waals surface area contributed by atoms with Crippen LogP contribution in [-0.4, -0.2) is 5.91 Å². The van der Waals surface area contributed by atoms with E-state index in [2.05, 4.69) is 25.2 Å². The van der Waals surface area contributed by atoms with Gasteiger partial charge in [0.05, 0.1) is 4.88 Å². The van der Waals surface area contributed by atoms with E-state index >= 15 is 0 Å². The first-order valence-electron chi connectivity index (χ1n) is 6.04. The SMILES string of the molecule is Cc1ccsc1C(=O)Nc1ccccc1C(C)C. The Hall–Kier alpha value is -1.61. The van der Waals surface area contributed by atoms with E-state index in [1.54, 1.807) is 0 Å². The Morgan fingerprint density at radius 1 is 1.22 bits per heavy atom. The number of rotatable bonds is 3. The first-order valence-corrected chi connectivity index (χ1v) is 6.92. The van der Waals surface area contributed by atoms with Crippen molar-refractivity contribution in [1.29, 1.82) is 0 Å². The molecule has 1 N–H and O–H groups in total. The third-order valence-electron chi connectivity index (χ3n) is 2.90. The summed E-state index contributed by atoms with van der Waals surface area (Å²) >= 11 is 1.48. The Morgan fingerprint density at radius 3 is 2.56 bits per heavy atom. The fourth-order valence-corrected chi connectivity index (χ4v) is 2.72. The van der Waals surface area contributed by atoms with Gasteiger partial charge in [-0.05, 0) is 41.5 Å². The molecule has 1 amide bonds. The number of hydrogen-bond acceptors (Lipinski definition) is 2. The van der Waals surface area contributed by atoms with Crippen molar-refractivity contribution in [3.63, 3.8) is 0 Å². The van der Waals surface area contributed by atoms with Crippen LogP contribution < -0.4 is 5.32 Å². The number of aryl methyl sites for hydroxylation is 1. The van der Waals surface area contributed by atoms with Crippen molar-refractivity contribution in [2.45, 2.75) is 26.7 Å². The highest BCUT2D eigenvalue weighted by atomic mass is 32.1. The largest absolute Gasteiger partial charge is 0.321 e. The minimum atomic E-state index is -0.0180. The van der Waals surface area contributed by atoms with E-state index in [0.717, 1.165) is 16.1 Å². The number of benzene rings is 1. The van der Waals surface area contributed by atoms with Crippen LogP contribution in [0.5, 0.6) is 0 Å². The molecule has 1 aromatic heterocycles. The fraction of sp³-hybridized carbons (Fsp3) is 0.267. The van der Waals surface area contributed by atoms with E-state index in [-0.39, 0.29) is 5.91 Å². The van der Waals surface area contributed by atoms with Gasteiger partial charge in [0.1, 0.15) is 0 Å². The van der Waals surface area contributed by atoms with Gasteiger partial charge in [-0.15, -0.1) is 11.3 Å². The molecule has 0 saturated carbocycles. The van der Waals surface area contributed by atoms with Crippen LogP contribution in [-0.2, 0) is 0 Å². The van der Waals surface area contributed by atoms with Crippen molar-refractivity contribution in [3.05, 3.63) is 51.7 Å². The van der Waals surface area contributed by atoms with Crippen molar-refractivity contribution < 1.29 is 4.79 Å². The summed E-state index contributed by atoms with van der Waals surface area (Å²) in [4.78, 5) is 13.0. The van der Waals surface area contributed by atoms with Crippen LogP contribution >= 0.6 is 11.3 Å². The van der Waals surface area contributed by atoms with Gasteiger partial charge in [0, 0.05) is 5.69 Å². The Balaban J connectivity index is 2.25. The van der Waals surface area contributed by atoms with E-state index in [4.69, 9.17) is 0 Å². The maximum atomic E-state index is 12.2. The highest BCUT2D eigenvalue weighted by Crippen LogP contribution is 2.25. The van der Waals surface area contributed by atoms with Crippen LogP contribution in [0.4, 0.5) is 5.69 Å². The predicted octanol–water partition coefficient (Wildman–Crippen LogP) is 4.43. The standard InChI is InChI=1S/C15H17NOS/c1-10(2)12-6-4-5-7-13(12)16-15(17)14-11(3)8-9-18-14/h4-10H,1-3H3,(H,16,17). The smallest absolute Gasteiger partial charge is 0.266 e. The minimum absolute atomic E-state index is 0.0180. The lowest BCUT2D eigenvalue weighted by molar-refractivity contribution is 0.103. The molecule has 0 unspecified atom stereocenters. The highest BCUT2D eigenvalue weighted by molar-refractivity contribution is 7.12. The molecule has 2 nitrogen and oxygen atoms in total. The van der Waals surface area contributed by atoms with Gasteiger partial charge in [-0.3, -0.25) is 4.79 Å². The summed E-state index contributed by atoms with van der Waals surface area (Å²) < 4.78 is 0. The molecule has 0 aliphatic heterocycles. The Kier molecular flexibility index (Phi) is 3.82. The maximum Gasteiger partial charge on any atom is 0.266 e. The Bertz CT molecular complexity index is 557. The molecule has 2 aromatic rings. The first-order chi connectivity index (χ1) is 8.59. The summed E-state index contributed by atoms with van der Waals surface area (Å²) in [7, 11) is 0. The number of amides is 1. The van der Waals surface area contributed by atoms with Crippen molar-refractivity contribution in [2.75, 3.05) is 5.32 Å². The predicted molar refractivity (Wildman–Crippen MR) is 77.5 cm³/mol. The van der Waals surface area contributed by atoms with Crippen molar-refractivity contribution in [3.8, 4) is 0 Å². The van der Waals surface area contributed by atoms with E-state index < -0.39 is 0 Å². The van der Waals surface area contributed by atoms with Gasteiger partial charge in [0.15, 0.2) is 0 Å². The lowest BCUT2D eigenvalue weighted by Crippen LogP contribution is -2.13. The monoisotopic (exact) mass is 259 g/mol. The van der Waals surface area contributed by atoms with E-state index in [9.17, 15) is 4.79 Å². The number of carbonyl (C=O) groups is 1. The van der Waals surface area contributed by atoms with Gasteiger partial charge >= 0.3 is 0 Å². The zero-order valence-electron chi connectivity index (χ0n) is 10.9. The van der Waals surface area contributed by atoms with Crippen molar-refractivity contribution in [2.24, 2.45) is 0 Å². The van der Waals surface area contributed by atoms with E-state index in [1.807, 2.05) is 36.6 Å². The molecule has 0 spiro atoms. The molecule has 0 bridgehead atoms. The lowest BCUT2D eigenvalue weighted by atomic mass is 10.0. The quantitative estimate of drug-likeness (QED) is 0.868. The average molecular weight is 259 g/mol. The number of carbonyl (C=O) groups excluding carboxylic acids is 1. The molecular weight excluding hydrogens is 242 g/mol. The molecule has 2 rings (SSSR count). The molecule has 0 saturated heterocycles. The number of hydrogen-bond donors (Lipinski definition) is 1. The lowest BCUT2D eigenvalue weighted by Gasteiger charge is -2.13. The molecule has 3 heteroatoms. The summed E-state index contributed by atoms with van der Waals surface area (Å²) in [6.07, 6.45) is 0. The van der Waals surface area contributed by atoms with Gasteiger partial charge in [0.2, 0.25) is 0 Å². The van der Waals surface area contributed by atoms with E-state index in [0.29, 0.717) is 5.92 Å². The molecule has 0 fully saturated rings. The average Bonchev–Trinajstić information content (AvgIpc) is 2.76. The Morgan fingerprint density at radius 2 is 1.94 bits per heavy atom. The zero-order valence-corrected chi connectivity index (χ0v) is 11.7. The maximum absolute atomic E-state index is 12.2. The van der Waals surface area contributed by atoms with Gasteiger partial charge in [-0.2, -0.15) is 0 Å². The molecule has 0 atom stereocenters. The summed E-state index contributed by atoms with van der Waals surface area (Å²) in [5.74, 6) is 0.376. The van der Waals surface area contributed by atoms with Crippen LogP contribution in [0.2, 0.25) is 0 Å². The molecule has 0 aliphatic rings. The van der Waals surface area contributed by atoms with E-state index in [1.165, 1.54) is 16.9 Å². The topological polar surface area (TPSA) is 29.1 Å². The number of anilines is 1. The number of thiophene rings is 1. The van der Waals surface area contributed by atoms with Gasteiger partial charge in [-0.1, -0.05) is 32.0 Å². The van der Waals surface area contributed by atoms with Gasteiger partial charge in [0.25, 0.3) is 5.91 Å². The summed E-state index contributed by atoms with van der Waals surface area (Å²) in [5.41, 5.74) is 3.10. The van der Waals surface area contributed by atoms with Gasteiger partial charge < -0.3 is 5.32 Å². The second-order valence-electron chi connectivity index (χ2n) is 4.63. The molecule has 18 heavy (non-hydrogen) atoms. The highest BCUT2D eigenvalue weighted by Gasteiger charge is 2.13. The number of para-hydroxylation sites is 1. The second kappa shape index (κ2) is 5.36. The number of nitrogens with one attached hydrogen (secondary N) is 1. The zero-order chi connectivity index (χ0) is 13.1. The van der Waals surface area contributed by atoms with Crippen LogP contribution in [0.15, 0.2) is 35.7 Å². The first kappa shape index (κ1) is 12.8. The van der Waals surface area contributed by atoms with Crippen molar-refractivity contribution in [1.82, 2.24) is 0 Å².